The van der Waals surface area contributed by atoms with Crippen molar-refractivity contribution in [3.05, 3.63) is 69.6 Å². The Morgan fingerprint density at radius 3 is 2.68 bits per heavy atom. The first-order valence-corrected chi connectivity index (χ1v) is 11.9. The highest BCUT2D eigenvalue weighted by atomic mass is 35.5. The van der Waals surface area contributed by atoms with Crippen molar-refractivity contribution >= 4 is 51.7 Å². The van der Waals surface area contributed by atoms with Crippen molar-refractivity contribution in [2.24, 2.45) is 0 Å². The Kier molecular flexibility index (Phi) is 7.78. The van der Waals surface area contributed by atoms with Gasteiger partial charge >= 0.3 is 0 Å². The first-order chi connectivity index (χ1) is 14.4. The van der Waals surface area contributed by atoms with E-state index in [1.54, 1.807) is 29.2 Å². The van der Waals surface area contributed by atoms with Crippen LogP contribution in [0.5, 0.6) is 0 Å². The summed E-state index contributed by atoms with van der Waals surface area (Å²) < 4.78 is 27.4. The standard InChI is InChI=1S/C22H24ClN3O3S.ClH/c23-19-6-3-16(4-7-19)10-13-30(28,29)25-21-9-12-26(22(21)27)20-8-5-17-2-1-11-24-15-18(17)14-20;/h3-8,10,13-14,21,24-25H,1-2,9,11-12,15H2;1H/t21-;/m0./s1. The van der Waals surface area contributed by atoms with Crippen LogP contribution in [0.3, 0.4) is 0 Å². The maximum atomic E-state index is 12.9. The van der Waals surface area contributed by atoms with Gasteiger partial charge in [0, 0.05) is 29.2 Å². The third-order valence-electron chi connectivity index (χ3n) is 5.44. The van der Waals surface area contributed by atoms with E-state index in [-0.39, 0.29) is 18.3 Å². The molecule has 0 aliphatic carbocycles. The molecule has 0 aromatic heterocycles. The van der Waals surface area contributed by atoms with E-state index in [9.17, 15) is 13.2 Å². The largest absolute Gasteiger partial charge is 0.313 e. The van der Waals surface area contributed by atoms with Gasteiger partial charge in [-0.05, 0) is 72.8 Å². The van der Waals surface area contributed by atoms with Gasteiger partial charge in [0.25, 0.3) is 0 Å². The topological polar surface area (TPSA) is 78.5 Å². The van der Waals surface area contributed by atoms with Gasteiger partial charge < -0.3 is 10.2 Å². The Labute approximate surface area is 194 Å². The SMILES string of the molecule is Cl.O=C1[C@@H](NS(=O)(=O)C=Cc2ccc(Cl)cc2)CCN1c1ccc2c(c1)CNCCC2. The smallest absolute Gasteiger partial charge is 0.245 e. The number of sulfonamides is 1. The fraction of sp³-hybridized carbons (Fsp3) is 0.318. The van der Waals surface area contributed by atoms with Gasteiger partial charge in [-0.2, -0.15) is 4.72 Å². The third-order valence-corrected chi connectivity index (χ3v) is 6.80. The molecule has 2 heterocycles. The Bertz CT molecular complexity index is 1070. The number of fused-ring (bicyclic) bond motifs is 1. The number of aryl methyl sites for hydroxylation is 1. The molecule has 9 heteroatoms. The lowest BCUT2D eigenvalue weighted by Crippen LogP contribution is -2.40. The van der Waals surface area contributed by atoms with Gasteiger partial charge in [-0.25, -0.2) is 8.42 Å². The summed E-state index contributed by atoms with van der Waals surface area (Å²) >= 11 is 5.84. The zero-order valence-electron chi connectivity index (χ0n) is 16.9. The van der Waals surface area contributed by atoms with Crippen molar-refractivity contribution in [2.75, 3.05) is 18.0 Å². The lowest BCUT2D eigenvalue weighted by Gasteiger charge is -2.19. The van der Waals surface area contributed by atoms with E-state index in [2.05, 4.69) is 16.1 Å². The number of anilines is 1. The maximum absolute atomic E-state index is 12.9. The molecule has 0 spiro atoms. The van der Waals surface area contributed by atoms with Crippen LogP contribution >= 0.6 is 24.0 Å². The van der Waals surface area contributed by atoms with E-state index in [1.165, 1.54) is 17.2 Å². The number of carbonyl (C=O) groups is 1. The number of hydrogen-bond acceptors (Lipinski definition) is 4. The molecule has 6 nitrogen and oxygen atoms in total. The van der Waals surface area contributed by atoms with E-state index >= 15 is 0 Å². The third kappa shape index (κ3) is 5.87. The number of carbonyl (C=O) groups excluding carboxylic acids is 1. The Balaban J connectivity index is 0.00000272. The van der Waals surface area contributed by atoms with Crippen molar-refractivity contribution in [1.29, 1.82) is 0 Å². The van der Waals surface area contributed by atoms with Gasteiger partial charge in [0.05, 0.1) is 0 Å². The van der Waals surface area contributed by atoms with Crippen LogP contribution in [0.4, 0.5) is 5.69 Å². The molecule has 0 radical (unpaired) electrons. The molecule has 2 aliphatic heterocycles. The quantitative estimate of drug-likeness (QED) is 0.684. The predicted molar refractivity (Wildman–Crippen MR) is 127 cm³/mol. The van der Waals surface area contributed by atoms with Crippen LogP contribution in [0.2, 0.25) is 5.02 Å². The van der Waals surface area contributed by atoms with Crippen LogP contribution < -0.4 is 14.9 Å². The second-order valence-corrected chi connectivity index (χ2v) is 9.62. The predicted octanol–water partition coefficient (Wildman–Crippen LogP) is 3.49. The van der Waals surface area contributed by atoms with Crippen LogP contribution in [0, 0.1) is 0 Å². The highest BCUT2D eigenvalue weighted by molar-refractivity contribution is 7.92. The fourth-order valence-corrected chi connectivity index (χ4v) is 5.00. The minimum absolute atomic E-state index is 0. The first-order valence-electron chi connectivity index (χ1n) is 10.0. The minimum atomic E-state index is -3.75. The van der Waals surface area contributed by atoms with Gasteiger partial charge in [0.2, 0.25) is 15.9 Å². The van der Waals surface area contributed by atoms with E-state index < -0.39 is 16.1 Å². The second kappa shape index (κ2) is 10.1. The summed E-state index contributed by atoms with van der Waals surface area (Å²) in [5, 5.41) is 5.06. The molecule has 4 rings (SSSR count). The lowest BCUT2D eigenvalue weighted by molar-refractivity contribution is -0.118. The molecule has 2 aliphatic rings. The molecule has 2 N–H and O–H groups in total. The molecule has 2 aromatic rings. The Morgan fingerprint density at radius 2 is 1.90 bits per heavy atom. The molecule has 1 fully saturated rings. The molecule has 1 saturated heterocycles. The monoisotopic (exact) mass is 481 g/mol. The summed E-state index contributed by atoms with van der Waals surface area (Å²) in [6.45, 7) is 2.26. The summed E-state index contributed by atoms with van der Waals surface area (Å²) in [5.74, 6) is -0.222. The second-order valence-electron chi connectivity index (χ2n) is 7.58. The van der Waals surface area contributed by atoms with E-state index in [4.69, 9.17) is 11.6 Å². The molecule has 1 atom stereocenters. The van der Waals surface area contributed by atoms with Crippen LogP contribution in [0.1, 0.15) is 29.5 Å². The summed E-state index contributed by atoms with van der Waals surface area (Å²) in [4.78, 5) is 14.5. The number of nitrogens with zero attached hydrogens (tertiary/aromatic N) is 1. The zero-order valence-corrected chi connectivity index (χ0v) is 19.3. The maximum Gasteiger partial charge on any atom is 0.245 e. The summed E-state index contributed by atoms with van der Waals surface area (Å²) in [5.41, 5.74) is 4.04. The molecule has 0 unspecified atom stereocenters. The number of benzene rings is 2. The van der Waals surface area contributed by atoms with Crippen LogP contribution in [0.15, 0.2) is 47.9 Å². The van der Waals surface area contributed by atoms with Crippen molar-refractivity contribution in [2.45, 2.75) is 31.8 Å². The first kappa shape index (κ1) is 23.8. The highest BCUT2D eigenvalue weighted by Gasteiger charge is 2.35. The fourth-order valence-electron chi connectivity index (χ4n) is 3.84. The summed E-state index contributed by atoms with van der Waals surface area (Å²) in [7, 11) is -3.75. The molecule has 1 amide bonds. The van der Waals surface area contributed by atoms with Crippen LogP contribution in [-0.2, 0) is 27.8 Å². The summed E-state index contributed by atoms with van der Waals surface area (Å²) in [6, 6.07) is 12.2. The van der Waals surface area contributed by atoms with Crippen molar-refractivity contribution in [1.82, 2.24) is 10.0 Å². The number of amides is 1. The Morgan fingerprint density at radius 1 is 1.13 bits per heavy atom. The van der Waals surface area contributed by atoms with Gasteiger partial charge in [-0.1, -0.05) is 29.8 Å². The van der Waals surface area contributed by atoms with Crippen molar-refractivity contribution in [3.8, 4) is 0 Å². The zero-order chi connectivity index (χ0) is 21.1. The van der Waals surface area contributed by atoms with Crippen LogP contribution in [0.25, 0.3) is 6.08 Å². The molecular weight excluding hydrogens is 457 g/mol. The number of rotatable bonds is 5. The van der Waals surface area contributed by atoms with Gasteiger partial charge in [0.1, 0.15) is 6.04 Å². The summed E-state index contributed by atoms with van der Waals surface area (Å²) in [6.07, 6.45) is 4.04. The average Bonchev–Trinajstić information content (AvgIpc) is 2.93. The normalized spacial score (nSPS) is 19.2. The number of nitrogens with one attached hydrogen (secondary N) is 2. The van der Waals surface area contributed by atoms with Crippen LogP contribution in [-0.4, -0.2) is 33.5 Å². The lowest BCUT2D eigenvalue weighted by atomic mass is 10.0. The van der Waals surface area contributed by atoms with Crippen molar-refractivity contribution in [3.63, 3.8) is 0 Å². The number of hydrogen-bond donors (Lipinski definition) is 2. The van der Waals surface area contributed by atoms with E-state index in [0.717, 1.165) is 37.0 Å². The molecule has 0 bridgehead atoms. The minimum Gasteiger partial charge on any atom is -0.313 e. The molecule has 0 saturated carbocycles. The molecule has 31 heavy (non-hydrogen) atoms. The average molecular weight is 482 g/mol. The molecule has 2 aromatic carbocycles. The van der Waals surface area contributed by atoms with Gasteiger partial charge in [0.15, 0.2) is 0 Å². The van der Waals surface area contributed by atoms with E-state index in [0.29, 0.717) is 23.6 Å². The van der Waals surface area contributed by atoms with E-state index in [1.807, 2.05) is 12.1 Å². The van der Waals surface area contributed by atoms with Gasteiger partial charge in [-0.3, -0.25) is 4.79 Å². The highest BCUT2D eigenvalue weighted by Crippen LogP contribution is 2.26. The molecular formula is C22H25Cl2N3O3S. The van der Waals surface area contributed by atoms with Crippen molar-refractivity contribution < 1.29 is 13.2 Å². The molecule has 166 valence electrons. The Hall–Kier alpha value is -1.90. The van der Waals surface area contributed by atoms with Gasteiger partial charge in [-0.15, -0.1) is 12.4 Å². The number of halogens is 2.